The highest BCUT2D eigenvalue weighted by atomic mass is 32.2. The molecule has 1 heterocycles. The predicted molar refractivity (Wildman–Crippen MR) is 116 cm³/mol. The summed E-state index contributed by atoms with van der Waals surface area (Å²) in [4.78, 5) is 26.6. The summed E-state index contributed by atoms with van der Waals surface area (Å²) in [6, 6.07) is 8.14. The lowest BCUT2D eigenvalue weighted by Gasteiger charge is -2.18. The highest BCUT2D eigenvalue weighted by Gasteiger charge is 2.23. The molecule has 0 aliphatic carbocycles. The molecule has 2 N–H and O–H groups in total. The van der Waals surface area contributed by atoms with Crippen LogP contribution in [0.2, 0.25) is 0 Å². The normalized spacial score (nSPS) is 13.8. The van der Waals surface area contributed by atoms with Crippen molar-refractivity contribution >= 4 is 27.5 Å². The van der Waals surface area contributed by atoms with Gasteiger partial charge in [0.15, 0.2) is 0 Å². The molecule has 31 heavy (non-hydrogen) atoms. The molecule has 3 rings (SSSR count). The molecule has 7 nitrogen and oxygen atoms in total. The average Bonchev–Trinajstić information content (AvgIpc) is 3.28. The lowest BCUT2D eigenvalue weighted by atomic mass is 10.0. The van der Waals surface area contributed by atoms with E-state index in [1.165, 1.54) is 12.1 Å². The number of halogens is 1. The summed E-state index contributed by atoms with van der Waals surface area (Å²) in [5.41, 5.74) is 1.50. The SMILES string of the molecule is C=CCNS(=O)(=O)c1cc(C(=O)Nc2cccc(C(=O)N3CCCC3)c2C)ccc1F. The zero-order chi connectivity index (χ0) is 22.6. The molecule has 0 radical (unpaired) electrons. The minimum atomic E-state index is -4.14. The first kappa shape index (κ1) is 22.6. The van der Waals surface area contributed by atoms with Gasteiger partial charge in [-0.1, -0.05) is 12.1 Å². The molecule has 164 valence electrons. The molecular weight excluding hydrogens is 421 g/mol. The summed E-state index contributed by atoms with van der Waals surface area (Å²) in [6.07, 6.45) is 3.27. The van der Waals surface area contributed by atoms with Crippen LogP contribution in [-0.2, 0) is 10.0 Å². The van der Waals surface area contributed by atoms with Crippen molar-refractivity contribution in [1.29, 1.82) is 0 Å². The summed E-state index contributed by atoms with van der Waals surface area (Å²) in [6.45, 7) is 6.49. The van der Waals surface area contributed by atoms with Crippen molar-refractivity contribution in [2.75, 3.05) is 25.0 Å². The third-order valence-electron chi connectivity index (χ3n) is 5.11. The topological polar surface area (TPSA) is 95.6 Å². The summed E-state index contributed by atoms with van der Waals surface area (Å²) >= 11 is 0. The van der Waals surface area contributed by atoms with Gasteiger partial charge in [-0.2, -0.15) is 0 Å². The first-order chi connectivity index (χ1) is 14.7. The zero-order valence-electron chi connectivity index (χ0n) is 17.2. The van der Waals surface area contributed by atoms with Gasteiger partial charge < -0.3 is 10.2 Å². The van der Waals surface area contributed by atoms with Gasteiger partial charge in [-0.05, 0) is 55.7 Å². The lowest BCUT2D eigenvalue weighted by molar-refractivity contribution is 0.0791. The van der Waals surface area contributed by atoms with E-state index in [9.17, 15) is 22.4 Å². The predicted octanol–water partition coefficient (Wildman–Crippen LogP) is 3.09. The number of amides is 2. The van der Waals surface area contributed by atoms with Crippen molar-refractivity contribution in [2.45, 2.75) is 24.7 Å². The largest absolute Gasteiger partial charge is 0.339 e. The number of anilines is 1. The molecule has 2 amide bonds. The van der Waals surface area contributed by atoms with Crippen molar-refractivity contribution in [3.63, 3.8) is 0 Å². The fourth-order valence-electron chi connectivity index (χ4n) is 3.38. The first-order valence-electron chi connectivity index (χ1n) is 9.85. The van der Waals surface area contributed by atoms with Gasteiger partial charge in [0.2, 0.25) is 10.0 Å². The number of hydrogen-bond acceptors (Lipinski definition) is 4. The second-order valence-electron chi connectivity index (χ2n) is 7.22. The molecule has 1 saturated heterocycles. The maximum atomic E-state index is 14.1. The Hall–Kier alpha value is -3.04. The Kier molecular flexibility index (Phi) is 6.87. The van der Waals surface area contributed by atoms with Crippen molar-refractivity contribution in [2.24, 2.45) is 0 Å². The molecule has 0 spiro atoms. The molecule has 2 aromatic carbocycles. The number of rotatable bonds is 7. The van der Waals surface area contributed by atoms with Crippen LogP contribution in [0.5, 0.6) is 0 Å². The van der Waals surface area contributed by atoms with E-state index in [4.69, 9.17) is 0 Å². The Labute approximate surface area is 181 Å². The number of nitrogens with zero attached hydrogens (tertiary/aromatic N) is 1. The molecule has 1 fully saturated rings. The van der Waals surface area contributed by atoms with E-state index in [1.54, 1.807) is 30.0 Å². The molecule has 0 atom stereocenters. The average molecular weight is 446 g/mol. The standard InChI is InChI=1S/C22H24FN3O4S/c1-3-11-24-31(29,30)20-14-16(9-10-18(20)23)21(27)25-19-8-6-7-17(15(19)2)22(28)26-12-4-5-13-26/h3,6-10,14,24H,1,4-5,11-13H2,2H3,(H,25,27). The molecular formula is C22H24FN3O4S. The Morgan fingerprint density at radius 2 is 1.90 bits per heavy atom. The zero-order valence-corrected chi connectivity index (χ0v) is 18.0. The monoisotopic (exact) mass is 445 g/mol. The van der Waals surface area contributed by atoms with Gasteiger partial charge in [0.1, 0.15) is 10.7 Å². The second kappa shape index (κ2) is 9.40. The van der Waals surface area contributed by atoms with E-state index >= 15 is 0 Å². The van der Waals surface area contributed by atoms with Crippen molar-refractivity contribution in [3.8, 4) is 0 Å². The van der Waals surface area contributed by atoms with Crippen LogP contribution in [0.3, 0.4) is 0 Å². The van der Waals surface area contributed by atoms with Crippen LogP contribution in [0.4, 0.5) is 10.1 Å². The number of carbonyl (C=O) groups excluding carboxylic acids is 2. The number of nitrogens with one attached hydrogen (secondary N) is 2. The number of carbonyl (C=O) groups is 2. The Morgan fingerprint density at radius 1 is 1.19 bits per heavy atom. The lowest BCUT2D eigenvalue weighted by Crippen LogP contribution is -2.28. The third kappa shape index (κ3) is 5.00. The Bertz CT molecular complexity index is 1130. The van der Waals surface area contributed by atoms with E-state index in [2.05, 4.69) is 16.6 Å². The van der Waals surface area contributed by atoms with Crippen LogP contribution in [0.25, 0.3) is 0 Å². The summed E-state index contributed by atoms with van der Waals surface area (Å²) in [7, 11) is -4.14. The van der Waals surface area contributed by atoms with E-state index in [1.807, 2.05) is 0 Å². The van der Waals surface area contributed by atoms with Crippen molar-refractivity contribution in [1.82, 2.24) is 9.62 Å². The van der Waals surface area contributed by atoms with Gasteiger partial charge in [-0.25, -0.2) is 17.5 Å². The summed E-state index contributed by atoms with van der Waals surface area (Å²) in [5, 5.41) is 2.69. The molecule has 9 heteroatoms. The molecule has 2 aromatic rings. The van der Waals surface area contributed by atoms with Crippen LogP contribution in [-0.4, -0.2) is 44.8 Å². The molecule has 0 bridgehead atoms. The van der Waals surface area contributed by atoms with Gasteiger partial charge >= 0.3 is 0 Å². The van der Waals surface area contributed by atoms with Crippen LogP contribution in [0.15, 0.2) is 53.9 Å². The number of sulfonamides is 1. The van der Waals surface area contributed by atoms with Gasteiger partial charge in [0, 0.05) is 36.4 Å². The maximum Gasteiger partial charge on any atom is 0.255 e. The van der Waals surface area contributed by atoms with Crippen molar-refractivity contribution < 1.29 is 22.4 Å². The van der Waals surface area contributed by atoms with Gasteiger partial charge in [-0.3, -0.25) is 9.59 Å². The van der Waals surface area contributed by atoms with E-state index in [0.29, 0.717) is 29.9 Å². The quantitative estimate of drug-likeness (QED) is 0.641. The second-order valence-corrected chi connectivity index (χ2v) is 8.95. The first-order valence-corrected chi connectivity index (χ1v) is 11.3. The van der Waals surface area contributed by atoms with Crippen LogP contribution >= 0.6 is 0 Å². The minimum absolute atomic E-state index is 0.0314. The summed E-state index contributed by atoms with van der Waals surface area (Å²) in [5.74, 6) is -1.67. The molecule has 0 unspecified atom stereocenters. The van der Waals surface area contributed by atoms with Crippen molar-refractivity contribution in [3.05, 3.63) is 71.6 Å². The summed E-state index contributed by atoms with van der Waals surface area (Å²) < 4.78 is 40.8. The molecule has 0 saturated carbocycles. The highest BCUT2D eigenvalue weighted by molar-refractivity contribution is 7.89. The van der Waals surface area contributed by atoms with Gasteiger partial charge in [0.25, 0.3) is 11.8 Å². The fraction of sp³-hybridized carbons (Fsp3) is 0.273. The molecule has 1 aliphatic rings. The van der Waals surface area contributed by atoms with Gasteiger partial charge in [0.05, 0.1) is 0 Å². The van der Waals surface area contributed by atoms with E-state index < -0.39 is 26.6 Å². The maximum absolute atomic E-state index is 14.1. The van der Waals surface area contributed by atoms with Crippen LogP contribution in [0, 0.1) is 12.7 Å². The minimum Gasteiger partial charge on any atom is -0.339 e. The Balaban J connectivity index is 1.85. The van der Waals surface area contributed by atoms with Crippen LogP contribution in [0.1, 0.15) is 39.1 Å². The number of hydrogen-bond donors (Lipinski definition) is 2. The molecule has 0 aromatic heterocycles. The van der Waals surface area contributed by atoms with E-state index in [0.717, 1.165) is 25.0 Å². The van der Waals surface area contributed by atoms with Gasteiger partial charge in [-0.15, -0.1) is 6.58 Å². The third-order valence-corrected chi connectivity index (χ3v) is 6.54. The smallest absolute Gasteiger partial charge is 0.255 e. The fourth-order valence-corrected chi connectivity index (χ4v) is 4.48. The number of likely N-dealkylation sites (tertiary alicyclic amines) is 1. The molecule has 1 aliphatic heterocycles. The van der Waals surface area contributed by atoms with Crippen LogP contribution < -0.4 is 10.0 Å². The highest BCUT2D eigenvalue weighted by Crippen LogP contribution is 2.24. The number of benzene rings is 2. The van der Waals surface area contributed by atoms with E-state index in [-0.39, 0.29) is 18.0 Å². The Morgan fingerprint density at radius 3 is 2.58 bits per heavy atom.